The molecule has 2 rings (SSSR count). The van der Waals surface area contributed by atoms with Crippen molar-refractivity contribution < 1.29 is 14.2 Å². The summed E-state index contributed by atoms with van der Waals surface area (Å²) in [5.41, 5.74) is 0. The van der Waals surface area contributed by atoms with Crippen LogP contribution in [0.15, 0.2) is 30.3 Å². The van der Waals surface area contributed by atoms with Crippen LogP contribution < -0.4 is 14.2 Å². The zero-order chi connectivity index (χ0) is 22.9. The lowest BCUT2D eigenvalue weighted by Crippen LogP contribution is -2.00. The molecule has 0 bridgehead atoms. The summed E-state index contributed by atoms with van der Waals surface area (Å²) < 4.78 is 17.7. The van der Waals surface area contributed by atoms with Gasteiger partial charge >= 0.3 is 0 Å². The van der Waals surface area contributed by atoms with E-state index in [4.69, 9.17) is 14.2 Å². The summed E-state index contributed by atoms with van der Waals surface area (Å²) in [4.78, 5) is 0. The Labute approximate surface area is 211 Å². The van der Waals surface area contributed by atoms with E-state index in [9.17, 15) is 0 Å². The van der Waals surface area contributed by atoms with Gasteiger partial charge in [0.15, 0.2) is 11.5 Å². The van der Waals surface area contributed by atoms with E-state index in [-0.39, 0.29) is 0 Å². The summed E-state index contributed by atoms with van der Waals surface area (Å²) in [6.45, 7) is 1.51. The van der Waals surface area contributed by atoms with Gasteiger partial charge in [0, 0.05) is 16.0 Å². The monoisotopic (exact) mass is 570 g/mol. The van der Waals surface area contributed by atoms with Crippen molar-refractivity contribution >= 4 is 42.6 Å². The van der Waals surface area contributed by atoms with Crippen molar-refractivity contribution in [2.24, 2.45) is 0 Å². The second-order valence-electron chi connectivity index (χ2n) is 8.30. The number of methoxy groups -OCH3 is 1. The van der Waals surface area contributed by atoms with Crippen molar-refractivity contribution in [1.82, 2.24) is 0 Å². The zero-order valence-corrected chi connectivity index (χ0v) is 22.9. The first kappa shape index (κ1) is 27.3. The van der Waals surface area contributed by atoms with Crippen LogP contribution in [0.5, 0.6) is 17.2 Å². The predicted octanol–water partition coefficient (Wildman–Crippen LogP) is 9.08. The number of halogens is 2. The summed E-state index contributed by atoms with van der Waals surface area (Å²) in [7, 11) is 1.72. The Morgan fingerprint density at radius 2 is 1.19 bits per heavy atom. The Kier molecular flexibility index (Phi) is 15.0. The van der Waals surface area contributed by atoms with Crippen LogP contribution in [0.3, 0.4) is 0 Å². The van der Waals surface area contributed by atoms with Crippen LogP contribution in [-0.2, 0) is 0 Å². The Balaban J connectivity index is 1.77. The van der Waals surface area contributed by atoms with Crippen molar-refractivity contribution in [1.29, 1.82) is 0 Å². The molecule has 32 heavy (non-hydrogen) atoms. The summed E-state index contributed by atoms with van der Waals surface area (Å²) in [6, 6.07) is 10.3. The van der Waals surface area contributed by atoms with Crippen LogP contribution in [-0.4, -0.2) is 31.0 Å². The van der Waals surface area contributed by atoms with E-state index >= 15 is 0 Å². The molecule has 0 saturated carbocycles. The third-order valence-electron chi connectivity index (χ3n) is 5.69. The fourth-order valence-electron chi connectivity index (χ4n) is 3.85. The molecule has 0 aliphatic rings. The van der Waals surface area contributed by atoms with Crippen molar-refractivity contribution in [2.45, 2.75) is 77.0 Å². The van der Waals surface area contributed by atoms with Crippen LogP contribution in [0.1, 0.15) is 77.0 Å². The number of rotatable bonds is 19. The van der Waals surface area contributed by atoms with E-state index in [1.165, 1.54) is 64.2 Å². The largest absolute Gasteiger partial charge is 0.494 e. The van der Waals surface area contributed by atoms with Gasteiger partial charge < -0.3 is 14.2 Å². The number of ether oxygens (including phenoxy) is 3. The van der Waals surface area contributed by atoms with Gasteiger partial charge in [-0.2, -0.15) is 0 Å². The Morgan fingerprint density at radius 1 is 0.625 bits per heavy atom. The van der Waals surface area contributed by atoms with E-state index in [0.717, 1.165) is 64.7 Å². The van der Waals surface area contributed by atoms with Gasteiger partial charge in [-0.1, -0.05) is 89.3 Å². The standard InChI is InChI=1S/C27H40Br2O3/c1-30-27-25-16-15-24(31-20-12-8-4-2-6-10-18-28)22-23(25)14-17-26(27)32-21-13-9-5-3-7-11-19-29/h14-17,22H,2-13,18-21H2,1H3. The number of hydrogen-bond acceptors (Lipinski definition) is 3. The van der Waals surface area contributed by atoms with Crippen molar-refractivity contribution in [2.75, 3.05) is 31.0 Å². The number of alkyl halides is 2. The van der Waals surface area contributed by atoms with Gasteiger partial charge in [-0.15, -0.1) is 0 Å². The lowest BCUT2D eigenvalue weighted by molar-refractivity contribution is 0.286. The number of hydrogen-bond donors (Lipinski definition) is 0. The molecule has 180 valence electrons. The average Bonchev–Trinajstić information content (AvgIpc) is 2.82. The molecule has 2 aromatic carbocycles. The van der Waals surface area contributed by atoms with Crippen molar-refractivity contribution in [3.8, 4) is 17.2 Å². The van der Waals surface area contributed by atoms with Gasteiger partial charge in [-0.25, -0.2) is 0 Å². The zero-order valence-electron chi connectivity index (χ0n) is 19.7. The molecule has 0 unspecified atom stereocenters. The molecule has 0 amide bonds. The van der Waals surface area contributed by atoms with E-state index in [1.54, 1.807) is 7.11 Å². The summed E-state index contributed by atoms with van der Waals surface area (Å²) >= 11 is 6.98. The van der Waals surface area contributed by atoms with Crippen molar-refractivity contribution in [3.63, 3.8) is 0 Å². The maximum absolute atomic E-state index is 6.05. The molecule has 0 heterocycles. The Bertz CT molecular complexity index is 751. The minimum absolute atomic E-state index is 0.734. The average molecular weight is 572 g/mol. The Morgan fingerprint density at radius 3 is 1.78 bits per heavy atom. The van der Waals surface area contributed by atoms with Gasteiger partial charge in [0.1, 0.15) is 5.75 Å². The van der Waals surface area contributed by atoms with Gasteiger partial charge in [0.05, 0.1) is 20.3 Å². The van der Waals surface area contributed by atoms with Crippen molar-refractivity contribution in [3.05, 3.63) is 30.3 Å². The number of benzene rings is 2. The fourth-order valence-corrected chi connectivity index (χ4v) is 4.65. The van der Waals surface area contributed by atoms with E-state index in [1.807, 2.05) is 12.1 Å². The lowest BCUT2D eigenvalue weighted by atomic mass is 10.1. The molecule has 0 atom stereocenters. The Hall–Kier alpha value is -0.940. The van der Waals surface area contributed by atoms with Crippen LogP contribution in [0, 0.1) is 0 Å². The highest BCUT2D eigenvalue weighted by Crippen LogP contribution is 2.37. The molecule has 0 aliphatic carbocycles. The normalized spacial score (nSPS) is 11.1. The van der Waals surface area contributed by atoms with Gasteiger partial charge in [0.2, 0.25) is 0 Å². The molecule has 0 N–H and O–H groups in total. The molecule has 3 nitrogen and oxygen atoms in total. The first-order valence-corrected chi connectivity index (χ1v) is 14.5. The smallest absolute Gasteiger partial charge is 0.168 e. The lowest BCUT2D eigenvalue weighted by Gasteiger charge is -2.14. The molecule has 0 spiro atoms. The van der Waals surface area contributed by atoms with E-state index in [2.05, 4.69) is 50.1 Å². The molecule has 0 saturated heterocycles. The SMILES string of the molecule is COc1c(OCCCCCCCCBr)ccc2cc(OCCCCCCCCBr)ccc12. The van der Waals surface area contributed by atoms with Crippen LogP contribution >= 0.6 is 31.9 Å². The molecule has 5 heteroatoms. The summed E-state index contributed by atoms with van der Waals surface area (Å²) in [6.07, 6.45) is 15.0. The highest BCUT2D eigenvalue weighted by Gasteiger charge is 2.10. The van der Waals surface area contributed by atoms with Gasteiger partial charge in [-0.3, -0.25) is 0 Å². The molecule has 2 aromatic rings. The number of fused-ring (bicyclic) bond motifs is 1. The quantitative estimate of drug-likeness (QED) is 0.124. The minimum atomic E-state index is 0.734. The summed E-state index contributed by atoms with van der Waals surface area (Å²) in [5, 5.41) is 4.42. The number of unbranched alkanes of at least 4 members (excludes halogenated alkanes) is 10. The first-order chi connectivity index (χ1) is 15.8. The minimum Gasteiger partial charge on any atom is -0.494 e. The second-order valence-corrected chi connectivity index (χ2v) is 9.88. The molecule has 0 aromatic heterocycles. The topological polar surface area (TPSA) is 27.7 Å². The highest BCUT2D eigenvalue weighted by molar-refractivity contribution is 9.09. The summed E-state index contributed by atoms with van der Waals surface area (Å²) in [5.74, 6) is 2.56. The molecule has 0 aliphatic heterocycles. The molecular weight excluding hydrogens is 532 g/mol. The first-order valence-electron chi connectivity index (χ1n) is 12.3. The van der Waals surface area contributed by atoms with Crippen LogP contribution in [0.4, 0.5) is 0 Å². The fraction of sp³-hybridized carbons (Fsp3) is 0.630. The second kappa shape index (κ2) is 17.5. The van der Waals surface area contributed by atoms with Crippen LogP contribution in [0.2, 0.25) is 0 Å². The van der Waals surface area contributed by atoms with Crippen LogP contribution in [0.25, 0.3) is 10.8 Å². The predicted molar refractivity (Wildman–Crippen MR) is 144 cm³/mol. The third-order valence-corrected chi connectivity index (χ3v) is 6.81. The molecular formula is C27H40Br2O3. The van der Waals surface area contributed by atoms with E-state index in [0.29, 0.717) is 0 Å². The maximum Gasteiger partial charge on any atom is 0.168 e. The van der Waals surface area contributed by atoms with Gasteiger partial charge in [-0.05, 0) is 55.3 Å². The van der Waals surface area contributed by atoms with E-state index < -0.39 is 0 Å². The highest BCUT2D eigenvalue weighted by atomic mass is 79.9. The maximum atomic E-state index is 6.05. The van der Waals surface area contributed by atoms with Gasteiger partial charge in [0.25, 0.3) is 0 Å². The third kappa shape index (κ3) is 10.3. The molecule has 0 fully saturated rings. The molecule has 0 radical (unpaired) electrons.